The van der Waals surface area contributed by atoms with Crippen molar-refractivity contribution in [3.05, 3.63) is 74.1 Å². The zero-order valence-corrected chi connectivity index (χ0v) is 17.2. The van der Waals surface area contributed by atoms with E-state index in [0.29, 0.717) is 25.5 Å². The molecule has 148 valence electrons. The van der Waals surface area contributed by atoms with Crippen molar-refractivity contribution in [2.45, 2.75) is 6.42 Å². The Balaban J connectivity index is 1.60. The van der Waals surface area contributed by atoms with E-state index in [9.17, 15) is 19.7 Å². The van der Waals surface area contributed by atoms with Gasteiger partial charge in [0.25, 0.3) is 11.6 Å². The van der Waals surface area contributed by atoms with E-state index in [2.05, 4.69) is 5.32 Å². The van der Waals surface area contributed by atoms with Crippen LogP contribution in [-0.4, -0.2) is 32.5 Å². The van der Waals surface area contributed by atoms with Crippen LogP contribution < -0.4 is 5.32 Å². The van der Waals surface area contributed by atoms with Gasteiger partial charge in [0.15, 0.2) is 0 Å². The van der Waals surface area contributed by atoms with Crippen LogP contribution in [0.3, 0.4) is 0 Å². The van der Waals surface area contributed by atoms with Gasteiger partial charge >= 0.3 is 0 Å². The lowest BCUT2D eigenvalue weighted by Gasteiger charge is -2.14. The lowest BCUT2D eigenvalue weighted by Crippen LogP contribution is -2.31. The number of non-ortho nitro benzene ring substituents is 1. The Hall–Kier alpha value is -2.75. The van der Waals surface area contributed by atoms with Gasteiger partial charge in [0.2, 0.25) is 5.91 Å². The van der Waals surface area contributed by atoms with E-state index in [1.807, 2.05) is 0 Å². The summed E-state index contributed by atoms with van der Waals surface area (Å²) in [4.78, 5) is 36.7. The third kappa shape index (κ3) is 5.41. The average Bonchev–Trinajstić information content (AvgIpc) is 2.95. The third-order valence-electron chi connectivity index (χ3n) is 3.97. The number of carbonyl (C=O) groups is 2. The van der Waals surface area contributed by atoms with Gasteiger partial charge in [-0.15, -0.1) is 0 Å². The Morgan fingerprint density at radius 2 is 1.86 bits per heavy atom. The van der Waals surface area contributed by atoms with E-state index in [1.54, 1.807) is 42.5 Å². The lowest BCUT2D eigenvalue weighted by atomic mass is 10.2. The van der Waals surface area contributed by atoms with Crippen LogP contribution in [0.2, 0.25) is 5.02 Å². The molecule has 0 radical (unpaired) electrons. The number of nitrogens with one attached hydrogen (secondary N) is 1. The molecule has 1 aliphatic rings. The van der Waals surface area contributed by atoms with Crippen LogP contribution in [0, 0.1) is 10.1 Å². The topological polar surface area (TPSA) is 92.5 Å². The summed E-state index contributed by atoms with van der Waals surface area (Å²) in [6, 6.07) is 12.6. The minimum absolute atomic E-state index is 0.0265. The first-order valence-electron chi connectivity index (χ1n) is 8.39. The molecule has 0 aliphatic carbocycles. The molecule has 1 aliphatic heterocycles. The summed E-state index contributed by atoms with van der Waals surface area (Å²) in [6.45, 7) is 0.154. The van der Waals surface area contributed by atoms with E-state index >= 15 is 0 Å². The van der Waals surface area contributed by atoms with Crippen LogP contribution in [0.15, 0.2) is 53.4 Å². The summed E-state index contributed by atoms with van der Waals surface area (Å²) < 4.78 is 0.363. The molecule has 1 saturated heterocycles. The van der Waals surface area contributed by atoms with Gasteiger partial charge in [0, 0.05) is 35.8 Å². The van der Waals surface area contributed by atoms with E-state index < -0.39 is 4.92 Å². The van der Waals surface area contributed by atoms with Crippen molar-refractivity contribution in [1.29, 1.82) is 0 Å². The summed E-state index contributed by atoms with van der Waals surface area (Å²) >= 11 is 12.2. The molecule has 0 aromatic heterocycles. The highest BCUT2D eigenvalue weighted by molar-refractivity contribution is 8.26. The number of thiocarbonyl (C=S) groups is 1. The van der Waals surface area contributed by atoms with Crippen LogP contribution >= 0.6 is 35.6 Å². The highest BCUT2D eigenvalue weighted by Crippen LogP contribution is 2.32. The number of rotatable bonds is 6. The lowest BCUT2D eigenvalue weighted by molar-refractivity contribution is -0.384. The highest BCUT2D eigenvalue weighted by atomic mass is 35.5. The number of nitro groups is 1. The quantitative estimate of drug-likeness (QED) is 0.304. The third-order valence-corrected chi connectivity index (χ3v) is 5.60. The number of nitro benzene ring substituents is 1. The Kier molecular flexibility index (Phi) is 6.63. The van der Waals surface area contributed by atoms with Crippen molar-refractivity contribution in [2.24, 2.45) is 0 Å². The molecule has 10 heteroatoms. The van der Waals surface area contributed by atoms with Crippen LogP contribution in [-0.2, 0) is 9.59 Å². The molecule has 0 bridgehead atoms. The molecule has 0 spiro atoms. The Morgan fingerprint density at radius 1 is 1.21 bits per heavy atom. The number of hydrogen-bond donors (Lipinski definition) is 1. The number of benzene rings is 2. The zero-order valence-electron chi connectivity index (χ0n) is 14.8. The van der Waals surface area contributed by atoms with Gasteiger partial charge in [0.1, 0.15) is 4.32 Å². The van der Waals surface area contributed by atoms with Crippen LogP contribution in [0.4, 0.5) is 11.4 Å². The predicted octanol–water partition coefficient (Wildman–Crippen LogP) is 4.48. The van der Waals surface area contributed by atoms with Gasteiger partial charge in [-0.05, 0) is 48.0 Å². The fourth-order valence-electron chi connectivity index (χ4n) is 2.51. The molecule has 2 amide bonds. The Morgan fingerprint density at radius 3 is 2.48 bits per heavy atom. The second-order valence-electron chi connectivity index (χ2n) is 5.99. The largest absolute Gasteiger partial charge is 0.326 e. The highest BCUT2D eigenvalue weighted by Gasteiger charge is 2.32. The molecule has 0 saturated carbocycles. The second-order valence-corrected chi connectivity index (χ2v) is 8.10. The van der Waals surface area contributed by atoms with Gasteiger partial charge in [-0.1, -0.05) is 35.6 Å². The molecule has 1 heterocycles. The van der Waals surface area contributed by atoms with Crippen molar-refractivity contribution in [3.63, 3.8) is 0 Å². The molecule has 1 N–H and O–H groups in total. The van der Waals surface area contributed by atoms with E-state index in [1.165, 1.54) is 17.0 Å². The molecular formula is C19H14ClN3O4S2. The Labute approximate surface area is 180 Å². The number of hydrogen-bond acceptors (Lipinski definition) is 6. The number of carbonyl (C=O) groups excluding carboxylic acids is 2. The molecule has 0 unspecified atom stereocenters. The number of nitrogens with zero attached hydrogens (tertiary/aromatic N) is 2. The molecular weight excluding hydrogens is 434 g/mol. The number of anilines is 1. The van der Waals surface area contributed by atoms with Crippen LogP contribution in [0.25, 0.3) is 6.08 Å². The fraction of sp³-hybridized carbons (Fsp3) is 0.105. The van der Waals surface area contributed by atoms with Gasteiger partial charge in [-0.2, -0.15) is 0 Å². The number of halogens is 1. The van der Waals surface area contributed by atoms with E-state index in [-0.39, 0.29) is 30.5 Å². The summed E-state index contributed by atoms with van der Waals surface area (Å²) in [6.07, 6.45) is 1.71. The van der Waals surface area contributed by atoms with Crippen molar-refractivity contribution < 1.29 is 14.5 Å². The van der Waals surface area contributed by atoms with Crippen molar-refractivity contribution in [1.82, 2.24) is 4.90 Å². The van der Waals surface area contributed by atoms with E-state index in [0.717, 1.165) is 11.8 Å². The molecule has 0 atom stereocenters. The smallest absolute Gasteiger partial charge is 0.269 e. The molecule has 2 aromatic carbocycles. The molecule has 29 heavy (non-hydrogen) atoms. The summed E-state index contributed by atoms with van der Waals surface area (Å²) in [5.74, 6) is -0.543. The first-order valence-corrected chi connectivity index (χ1v) is 9.99. The average molecular weight is 448 g/mol. The molecule has 2 aromatic rings. The molecule has 3 rings (SSSR count). The zero-order chi connectivity index (χ0) is 21.0. The van der Waals surface area contributed by atoms with Crippen LogP contribution in [0.5, 0.6) is 0 Å². The van der Waals surface area contributed by atoms with Crippen molar-refractivity contribution >= 4 is 69.2 Å². The predicted molar refractivity (Wildman–Crippen MR) is 118 cm³/mol. The fourth-order valence-corrected chi connectivity index (χ4v) is 3.94. The minimum Gasteiger partial charge on any atom is -0.326 e. The maximum atomic E-state index is 12.6. The second kappa shape index (κ2) is 9.17. The Bertz CT molecular complexity index is 1010. The summed E-state index contributed by atoms with van der Waals surface area (Å²) in [5, 5.41) is 14.0. The summed E-state index contributed by atoms with van der Waals surface area (Å²) in [5.41, 5.74) is 1.24. The number of amides is 2. The standard InChI is InChI=1S/C19H14ClN3O4S2/c20-13-3-5-14(6-4-13)21-17(24)9-10-22-18(25)16(29-19(22)28)11-12-1-7-15(8-2-12)23(26)27/h1-8,11H,9-10H2,(H,21,24)/b16-11-. The monoisotopic (exact) mass is 447 g/mol. The molecule has 1 fully saturated rings. The normalized spacial score (nSPS) is 15.1. The van der Waals surface area contributed by atoms with Gasteiger partial charge in [-0.3, -0.25) is 24.6 Å². The minimum atomic E-state index is -0.488. The van der Waals surface area contributed by atoms with E-state index in [4.69, 9.17) is 23.8 Å². The maximum absolute atomic E-state index is 12.6. The van der Waals surface area contributed by atoms with Gasteiger partial charge < -0.3 is 5.32 Å². The summed E-state index contributed by atoms with van der Waals surface area (Å²) in [7, 11) is 0. The van der Waals surface area contributed by atoms with Crippen molar-refractivity contribution in [2.75, 3.05) is 11.9 Å². The van der Waals surface area contributed by atoms with Crippen molar-refractivity contribution in [3.8, 4) is 0 Å². The molecule has 7 nitrogen and oxygen atoms in total. The van der Waals surface area contributed by atoms with Gasteiger partial charge in [-0.25, -0.2) is 0 Å². The van der Waals surface area contributed by atoms with Crippen LogP contribution in [0.1, 0.15) is 12.0 Å². The van der Waals surface area contributed by atoms with Gasteiger partial charge in [0.05, 0.1) is 9.83 Å². The SMILES string of the molecule is O=C(CCN1C(=O)/C(=C/c2ccc([N+](=O)[O-])cc2)SC1=S)Nc1ccc(Cl)cc1. The number of thioether (sulfide) groups is 1. The first-order chi connectivity index (χ1) is 13.8. The maximum Gasteiger partial charge on any atom is 0.269 e. The first kappa shape index (κ1) is 21.0.